The van der Waals surface area contributed by atoms with Crippen molar-refractivity contribution in [2.24, 2.45) is 5.92 Å². The van der Waals surface area contributed by atoms with E-state index in [0.29, 0.717) is 32.1 Å². The van der Waals surface area contributed by atoms with Crippen LogP contribution in [-0.4, -0.2) is 31.5 Å². The van der Waals surface area contributed by atoms with Gasteiger partial charge in [-0.1, -0.05) is 13.0 Å². The number of hydrogen-bond donors (Lipinski definition) is 1. The summed E-state index contributed by atoms with van der Waals surface area (Å²) in [6, 6.07) is 4.17. The molecule has 0 spiro atoms. The third-order valence-electron chi connectivity index (χ3n) is 3.67. The minimum absolute atomic E-state index is 0.136. The lowest BCUT2D eigenvalue weighted by atomic mass is 10.0. The Morgan fingerprint density at radius 3 is 2.90 bits per heavy atom. The minimum Gasteiger partial charge on any atom is -0.356 e. The van der Waals surface area contributed by atoms with Gasteiger partial charge in [-0.3, -0.25) is 4.79 Å². The van der Waals surface area contributed by atoms with Gasteiger partial charge in [-0.15, -0.1) is 11.3 Å². The molecule has 1 N–H and O–H groups in total. The van der Waals surface area contributed by atoms with Crippen LogP contribution in [0.15, 0.2) is 17.5 Å². The summed E-state index contributed by atoms with van der Waals surface area (Å²) in [5, 5.41) is 5.08. The van der Waals surface area contributed by atoms with E-state index in [-0.39, 0.29) is 5.91 Å². The zero-order valence-electron chi connectivity index (χ0n) is 12.9. The summed E-state index contributed by atoms with van der Waals surface area (Å²) < 4.78 is 11.2. The lowest BCUT2D eigenvalue weighted by molar-refractivity contribution is -0.154. The number of amides is 1. The number of hydrogen-bond acceptors (Lipinski definition) is 4. The highest BCUT2D eigenvalue weighted by atomic mass is 32.1. The maximum absolute atomic E-state index is 11.8. The smallest absolute Gasteiger partial charge is 0.220 e. The van der Waals surface area contributed by atoms with Gasteiger partial charge in [0.2, 0.25) is 5.91 Å². The topological polar surface area (TPSA) is 47.6 Å². The van der Waals surface area contributed by atoms with Gasteiger partial charge in [-0.2, -0.15) is 0 Å². The highest BCUT2D eigenvalue weighted by Gasteiger charge is 2.32. The minimum atomic E-state index is -0.469. The average molecular weight is 311 g/mol. The van der Waals surface area contributed by atoms with Gasteiger partial charge in [0.25, 0.3) is 0 Å². The molecule has 0 aromatic carbocycles. The average Bonchev–Trinajstić information content (AvgIpc) is 3.08. The molecule has 1 aromatic heterocycles. The van der Waals surface area contributed by atoms with Crippen molar-refractivity contribution in [3.8, 4) is 0 Å². The predicted octanol–water partition coefficient (Wildman–Crippen LogP) is 2.98. The third kappa shape index (κ3) is 5.77. The maximum Gasteiger partial charge on any atom is 0.220 e. The van der Waals surface area contributed by atoms with Crippen molar-refractivity contribution in [3.05, 3.63) is 22.4 Å². The largest absolute Gasteiger partial charge is 0.356 e. The van der Waals surface area contributed by atoms with Crippen LogP contribution in [0.25, 0.3) is 0 Å². The molecule has 2 heterocycles. The number of rotatable bonds is 8. The second-order valence-electron chi connectivity index (χ2n) is 5.88. The van der Waals surface area contributed by atoms with Crippen LogP contribution in [0.4, 0.5) is 0 Å². The molecule has 1 aliphatic rings. The van der Waals surface area contributed by atoms with Gasteiger partial charge in [0.15, 0.2) is 5.79 Å². The molecule has 118 valence electrons. The lowest BCUT2D eigenvalue weighted by Crippen LogP contribution is -2.34. The van der Waals surface area contributed by atoms with E-state index in [1.807, 2.05) is 6.92 Å². The Morgan fingerprint density at radius 2 is 2.24 bits per heavy atom. The van der Waals surface area contributed by atoms with Crippen molar-refractivity contribution >= 4 is 17.2 Å². The van der Waals surface area contributed by atoms with Crippen LogP contribution in [0, 0.1) is 5.92 Å². The van der Waals surface area contributed by atoms with Gasteiger partial charge in [0.1, 0.15) is 0 Å². The summed E-state index contributed by atoms with van der Waals surface area (Å²) >= 11 is 1.75. The number of aryl methyl sites for hydroxylation is 1. The molecule has 0 bridgehead atoms. The van der Waals surface area contributed by atoms with Crippen LogP contribution in [0.3, 0.4) is 0 Å². The Hall–Kier alpha value is -0.910. The van der Waals surface area contributed by atoms with E-state index in [4.69, 9.17) is 9.47 Å². The van der Waals surface area contributed by atoms with Crippen molar-refractivity contribution in [3.63, 3.8) is 0 Å². The maximum atomic E-state index is 11.8. The number of nitrogens with one attached hydrogen (secondary N) is 1. The molecule has 1 aromatic rings. The van der Waals surface area contributed by atoms with Gasteiger partial charge >= 0.3 is 0 Å². The van der Waals surface area contributed by atoms with Gasteiger partial charge in [0, 0.05) is 24.3 Å². The van der Waals surface area contributed by atoms with E-state index in [0.717, 1.165) is 19.3 Å². The summed E-state index contributed by atoms with van der Waals surface area (Å²) in [5.74, 6) is 0.00900. The standard InChI is InChI=1S/C16H25NO3S/c1-13(11-16(2)19-8-9-20-16)12-17-15(18)7-3-5-14-6-4-10-21-14/h4,6,10,13H,3,5,7-9,11-12H2,1-2H3,(H,17,18). The van der Waals surface area contributed by atoms with Crippen LogP contribution in [0.2, 0.25) is 0 Å². The van der Waals surface area contributed by atoms with Crippen LogP contribution < -0.4 is 5.32 Å². The fraction of sp³-hybridized carbons (Fsp3) is 0.688. The Morgan fingerprint density at radius 1 is 1.48 bits per heavy atom. The fourth-order valence-corrected chi connectivity index (χ4v) is 3.39. The molecule has 1 saturated heterocycles. The molecule has 1 atom stereocenters. The zero-order chi connectivity index (χ0) is 15.1. The van der Waals surface area contributed by atoms with Crippen molar-refractivity contribution < 1.29 is 14.3 Å². The molecule has 1 aliphatic heterocycles. The van der Waals surface area contributed by atoms with Gasteiger partial charge in [0.05, 0.1) is 13.2 Å². The summed E-state index contributed by atoms with van der Waals surface area (Å²) in [6.45, 7) is 6.10. The molecule has 0 saturated carbocycles. The summed E-state index contributed by atoms with van der Waals surface area (Å²) in [7, 11) is 0. The summed E-state index contributed by atoms with van der Waals surface area (Å²) in [4.78, 5) is 13.2. The van der Waals surface area contributed by atoms with Crippen molar-refractivity contribution in [2.45, 2.75) is 45.3 Å². The van der Waals surface area contributed by atoms with E-state index < -0.39 is 5.79 Å². The Bertz CT molecular complexity index is 427. The van der Waals surface area contributed by atoms with Crippen LogP contribution in [0.1, 0.15) is 38.0 Å². The molecule has 0 radical (unpaired) electrons. The second kappa shape index (κ2) is 7.92. The van der Waals surface area contributed by atoms with E-state index in [9.17, 15) is 4.79 Å². The Balaban J connectivity index is 1.57. The quantitative estimate of drug-likeness (QED) is 0.803. The molecule has 1 unspecified atom stereocenters. The summed E-state index contributed by atoms with van der Waals surface area (Å²) in [6.07, 6.45) is 3.29. The highest BCUT2D eigenvalue weighted by molar-refractivity contribution is 7.09. The van der Waals surface area contributed by atoms with Gasteiger partial charge in [-0.05, 0) is 37.1 Å². The van der Waals surface area contributed by atoms with Crippen LogP contribution in [-0.2, 0) is 20.7 Å². The van der Waals surface area contributed by atoms with E-state index in [1.54, 1.807) is 11.3 Å². The second-order valence-corrected chi connectivity index (χ2v) is 6.91. The highest BCUT2D eigenvalue weighted by Crippen LogP contribution is 2.26. The Labute approximate surface area is 130 Å². The molecule has 5 heteroatoms. The van der Waals surface area contributed by atoms with Crippen molar-refractivity contribution in [2.75, 3.05) is 19.8 Å². The lowest BCUT2D eigenvalue weighted by Gasteiger charge is -2.26. The first-order chi connectivity index (χ1) is 10.1. The monoisotopic (exact) mass is 311 g/mol. The van der Waals surface area contributed by atoms with Crippen LogP contribution >= 0.6 is 11.3 Å². The molecule has 2 rings (SSSR count). The Kier molecular flexibility index (Phi) is 6.21. The summed E-state index contributed by atoms with van der Waals surface area (Å²) in [5.41, 5.74) is 0. The molecule has 1 amide bonds. The van der Waals surface area contributed by atoms with Gasteiger partial charge in [-0.25, -0.2) is 0 Å². The SMILES string of the molecule is CC(CNC(=O)CCCc1cccs1)CC1(C)OCCO1. The van der Waals surface area contributed by atoms with E-state index in [1.165, 1.54) is 4.88 Å². The van der Waals surface area contributed by atoms with Gasteiger partial charge < -0.3 is 14.8 Å². The zero-order valence-corrected chi connectivity index (χ0v) is 13.7. The molecule has 21 heavy (non-hydrogen) atoms. The van der Waals surface area contributed by atoms with E-state index >= 15 is 0 Å². The number of ether oxygens (including phenoxy) is 2. The molecular weight excluding hydrogens is 286 g/mol. The van der Waals surface area contributed by atoms with Crippen molar-refractivity contribution in [1.29, 1.82) is 0 Å². The normalized spacial score (nSPS) is 18.6. The predicted molar refractivity (Wildman–Crippen MR) is 84.4 cm³/mol. The third-order valence-corrected chi connectivity index (χ3v) is 4.61. The number of carbonyl (C=O) groups is 1. The molecule has 0 aliphatic carbocycles. The first-order valence-electron chi connectivity index (χ1n) is 7.64. The van der Waals surface area contributed by atoms with Crippen LogP contribution in [0.5, 0.6) is 0 Å². The molecular formula is C16H25NO3S. The number of thiophene rings is 1. The number of carbonyl (C=O) groups excluding carboxylic acids is 1. The molecule has 4 nitrogen and oxygen atoms in total. The molecule has 1 fully saturated rings. The van der Waals surface area contributed by atoms with Crippen molar-refractivity contribution in [1.82, 2.24) is 5.32 Å². The fourth-order valence-electron chi connectivity index (χ4n) is 2.63. The first kappa shape index (κ1) is 16.5. The first-order valence-corrected chi connectivity index (χ1v) is 8.52. The van der Waals surface area contributed by atoms with E-state index in [2.05, 4.69) is 29.8 Å².